The molecular weight excluding hydrogens is 214 g/mol. The zero-order chi connectivity index (χ0) is 9.80. The van der Waals surface area contributed by atoms with Gasteiger partial charge in [-0.1, -0.05) is 23.7 Å². The zero-order valence-electron chi connectivity index (χ0n) is 7.48. The SMILES string of the molecule is Clc1ccc(C[CH]c2cncs2)cc1. The van der Waals surface area contributed by atoms with Gasteiger partial charge in [-0.3, -0.25) is 4.98 Å². The first kappa shape index (κ1) is 9.69. The Morgan fingerprint density at radius 2 is 2.07 bits per heavy atom. The molecule has 1 aromatic heterocycles. The fourth-order valence-corrected chi connectivity index (χ4v) is 1.84. The maximum absolute atomic E-state index is 5.79. The van der Waals surface area contributed by atoms with Gasteiger partial charge in [-0.15, -0.1) is 11.3 Å². The van der Waals surface area contributed by atoms with Crippen molar-refractivity contribution in [2.24, 2.45) is 0 Å². The minimum absolute atomic E-state index is 0.784. The van der Waals surface area contributed by atoms with E-state index in [1.165, 1.54) is 10.4 Å². The lowest BCUT2D eigenvalue weighted by molar-refractivity contribution is 1.18. The fraction of sp³-hybridized carbons (Fsp3) is 0.0909. The Hall–Kier alpha value is -0.860. The molecule has 0 atom stereocenters. The molecule has 3 heteroatoms. The molecular formula is C11H9ClNS. The van der Waals surface area contributed by atoms with E-state index in [0.29, 0.717) is 0 Å². The van der Waals surface area contributed by atoms with Crippen molar-refractivity contribution in [1.29, 1.82) is 0 Å². The van der Waals surface area contributed by atoms with Gasteiger partial charge >= 0.3 is 0 Å². The Bertz CT molecular complexity index is 380. The summed E-state index contributed by atoms with van der Waals surface area (Å²) in [5.74, 6) is 0. The van der Waals surface area contributed by atoms with Gasteiger partial charge in [0, 0.05) is 22.5 Å². The van der Waals surface area contributed by atoms with Crippen LogP contribution in [0.1, 0.15) is 10.4 Å². The smallest absolute Gasteiger partial charge is 0.0794 e. The van der Waals surface area contributed by atoms with Crippen LogP contribution >= 0.6 is 22.9 Å². The maximum atomic E-state index is 5.79. The van der Waals surface area contributed by atoms with Crippen LogP contribution in [0.15, 0.2) is 36.0 Å². The minimum atomic E-state index is 0.784. The number of aromatic nitrogens is 1. The summed E-state index contributed by atoms with van der Waals surface area (Å²) in [6.07, 6.45) is 4.97. The van der Waals surface area contributed by atoms with E-state index in [-0.39, 0.29) is 0 Å². The molecule has 1 nitrogen and oxygen atoms in total. The fourth-order valence-electron chi connectivity index (χ4n) is 1.17. The molecule has 0 saturated carbocycles. The van der Waals surface area contributed by atoms with Crippen molar-refractivity contribution in [2.75, 3.05) is 0 Å². The zero-order valence-corrected chi connectivity index (χ0v) is 9.05. The first-order valence-corrected chi connectivity index (χ1v) is 5.56. The molecule has 0 N–H and O–H groups in total. The lowest BCUT2D eigenvalue weighted by atomic mass is 10.1. The highest BCUT2D eigenvalue weighted by atomic mass is 35.5. The van der Waals surface area contributed by atoms with Crippen molar-refractivity contribution < 1.29 is 0 Å². The van der Waals surface area contributed by atoms with E-state index in [1.54, 1.807) is 11.3 Å². The Kier molecular flexibility index (Phi) is 3.17. The first-order chi connectivity index (χ1) is 6.84. The minimum Gasteiger partial charge on any atom is -0.253 e. The van der Waals surface area contributed by atoms with E-state index in [1.807, 2.05) is 36.0 Å². The lowest BCUT2D eigenvalue weighted by Gasteiger charge is -1.98. The van der Waals surface area contributed by atoms with Crippen molar-refractivity contribution in [2.45, 2.75) is 6.42 Å². The van der Waals surface area contributed by atoms with Gasteiger partial charge < -0.3 is 0 Å². The van der Waals surface area contributed by atoms with Crippen molar-refractivity contribution in [3.8, 4) is 0 Å². The summed E-state index contributed by atoms with van der Waals surface area (Å²) in [5, 5.41) is 0.784. The highest BCUT2D eigenvalue weighted by molar-refractivity contribution is 7.09. The van der Waals surface area contributed by atoms with Crippen LogP contribution in [0.3, 0.4) is 0 Å². The monoisotopic (exact) mass is 222 g/mol. The van der Waals surface area contributed by atoms with E-state index >= 15 is 0 Å². The number of thiazole rings is 1. The second-order valence-electron chi connectivity index (χ2n) is 2.94. The molecule has 2 aromatic rings. The second kappa shape index (κ2) is 4.58. The van der Waals surface area contributed by atoms with Gasteiger partial charge in [0.1, 0.15) is 0 Å². The molecule has 1 radical (unpaired) electrons. The average Bonchev–Trinajstić information content (AvgIpc) is 2.70. The molecule has 71 valence electrons. The summed E-state index contributed by atoms with van der Waals surface area (Å²) in [7, 11) is 0. The summed E-state index contributed by atoms with van der Waals surface area (Å²) < 4.78 is 0. The van der Waals surface area contributed by atoms with Gasteiger partial charge in [-0.2, -0.15) is 0 Å². The van der Waals surface area contributed by atoms with Gasteiger partial charge in [0.05, 0.1) is 5.51 Å². The number of hydrogen-bond donors (Lipinski definition) is 0. The Morgan fingerprint density at radius 1 is 1.29 bits per heavy atom. The summed E-state index contributed by atoms with van der Waals surface area (Å²) >= 11 is 7.45. The number of benzene rings is 1. The molecule has 1 heterocycles. The molecule has 0 aliphatic rings. The normalized spacial score (nSPS) is 10.4. The third-order valence-corrected chi connectivity index (χ3v) is 2.93. The standard InChI is InChI=1S/C11H9ClNS/c12-10-4-1-9(2-5-10)3-6-11-7-13-8-14-11/h1-2,4-8H,3H2. The predicted octanol–water partition coefficient (Wildman–Crippen LogP) is 3.59. The highest BCUT2D eigenvalue weighted by Gasteiger charge is 1.97. The molecule has 0 amide bonds. The van der Waals surface area contributed by atoms with Gasteiger partial charge in [-0.05, 0) is 24.1 Å². The predicted molar refractivity (Wildman–Crippen MR) is 60.7 cm³/mol. The molecule has 0 fully saturated rings. The highest BCUT2D eigenvalue weighted by Crippen LogP contribution is 2.14. The van der Waals surface area contributed by atoms with Crippen LogP contribution in [0, 0.1) is 6.42 Å². The van der Waals surface area contributed by atoms with E-state index < -0.39 is 0 Å². The number of halogens is 1. The first-order valence-electron chi connectivity index (χ1n) is 4.31. The van der Waals surface area contributed by atoms with Crippen LogP contribution < -0.4 is 0 Å². The van der Waals surface area contributed by atoms with Gasteiger partial charge in [-0.25, -0.2) is 0 Å². The van der Waals surface area contributed by atoms with E-state index in [0.717, 1.165) is 11.4 Å². The molecule has 1 aromatic carbocycles. The van der Waals surface area contributed by atoms with Crippen LogP contribution in [0.5, 0.6) is 0 Å². The van der Waals surface area contributed by atoms with Crippen molar-refractivity contribution in [3.05, 3.63) is 57.9 Å². The second-order valence-corrected chi connectivity index (χ2v) is 4.29. The van der Waals surface area contributed by atoms with Gasteiger partial charge in [0.15, 0.2) is 0 Å². The van der Waals surface area contributed by atoms with Crippen LogP contribution in [-0.2, 0) is 6.42 Å². The summed E-state index contributed by atoms with van der Waals surface area (Å²) in [6, 6.07) is 7.91. The third kappa shape index (κ3) is 2.56. The molecule has 0 aliphatic carbocycles. The lowest BCUT2D eigenvalue weighted by Crippen LogP contribution is -1.85. The molecule has 0 saturated heterocycles. The third-order valence-electron chi connectivity index (χ3n) is 1.90. The number of rotatable bonds is 3. The Labute approximate surface area is 92.4 Å². The molecule has 2 rings (SSSR count). The Balaban J connectivity index is 1.95. The van der Waals surface area contributed by atoms with Crippen LogP contribution in [0.25, 0.3) is 0 Å². The van der Waals surface area contributed by atoms with Crippen LogP contribution in [0.4, 0.5) is 0 Å². The molecule has 0 spiro atoms. The van der Waals surface area contributed by atoms with E-state index in [2.05, 4.69) is 11.4 Å². The largest absolute Gasteiger partial charge is 0.253 e. The summed E-state index contributed by atoms with van der Waals surface area (Å²) in [5.41, 5.74) is 3.11. The topological polar surface area (TPSA) is 12.9 Å². The van der Waals surface area contributed by atoms with Crippen molar-refractivity contribution in [1.82, 2.24) is 4.98 Å². The average molecular weight is 223 g/mol. The van der Waals surface area contributed by atoms with Gasteiger partial charge in [0.25, 0.3) is 0 Å². The van der Waals surface area contributed by atoms with Crippen LogP contribution in [-0.4, -0.2) is 4.98 Å². The quantitative estimate of drug-likeness (QED) is 0.774. The molecule has 14 heavy (non-hydrogen) atoms. The van der Waals surface area contributed by atoms with E-state index in [9.17, 15) is 0 Å². The van der Waals surface area contributed by atoms with Gasteiger partial charge in [0.2, 0.25) is 0 Å². The summed E-state index contributed by atoms with van der Waals surface area (Å²) in [6.45, 7) is 0. The number of hydrogen-bond acceptors (Lipinski definition) is 2. The molecule has 0 unspecified atom stereocenters. The van der Waals surface area contributed by atoms with E-state index in [4.69, 9.17) is 11.6 Å². The van der Waals surface area contributed by atoms with Crippen molar-refractivity contribution in [3.63, 3.8) is 0 Å². The Morgan fingerprint density at radius 3 is 2.71 bits per heavy atom. The maximum Gasteiger partial charge on any atom is 0.0794 e. The number of nitrogens with zero attached hydrogens (tertiary/aromatic N) is 1. The molecule has 0 bridgehead atoms. The van der Waals surface area contributed by atoms with Crippen molar-refractivity contribution >= 4 is 22.9 Å². The summed E-state index contributed by atoms with van der Waals surface area (Å²) in [4.78, 5) is 5.22. The molecule has 0 aliphatic heterocycles. The van der Waals surface area contributed by atoms with Crippen LogP contribution in [0.2, 0.25) is 5.02 Å².